The third-order valence-electron chi connectivity index (χ3n) is 1.91. The van der Waals surface area contributed by atoms with E-state index in [-0.39, 0.29) is 0 Å². The molecule has 74 valence electrons. The van der Waals surface area contributed by atoms with E-state index in [4.69, 9.17) is 0 Å². The van der Waals surface area contributed by atoms with Gasteiger partial charge in [0.15, 0.2) is 0 Å². The largest absolute Gasteiger partial charge is 0.314 e. The molecule has 3 heteroatoms. The topological polar surface area (TPSA) is 24.1 Å². The molecule has 0 aromatic rings. The van der Waals surface area contributed by atoms with Gasteiger partial charge in [0.2, 0.25) is 0 Å². The van der Waals surface area contributed by atoms with E-state index in [0.29, 0.717) is 9.52 Å². The number of hydrogen-bond donors (Lipinski definition) is 2. The Labute approximate surface area is 79.3 Å². The van der Waals surface area contributed by atoms with Crippen molar-refractivity contribution in [3.05, 3.63) is 0 Å². The highest BCUT2D eigenvalue weighted by Gasteiger charge is 1.91. The Morgan fingerprint density at radius 2 is 1.50 bits per heavy atom. The molecule has 0 atom stereocenters. The number of nitrogens with one attached hydrogen (secondary N) is 2. The molecule has 1 aliphatic heterocycles. The van der Waals surface area contributed by atoms with Gasteiger partial charge in [-0.05, 0) is 0 Å². The van der Waals surface area contributed by atoms with E-state index in [1.807, 2.05) is 0 Å². The SMILES string of the molecule is C1CNCCN1.CCC[SiH2]CC. The van der Waals surface area contributed by atoms with Crippen LogP contribution in [0.15, 0.2) is 0 Å². The average Bonchev–Trinajstić information content (AvgIpc) is 2.18. The highest BCUT2D eigenvalue weighted by molar-refractivity contribution is 6.35. The maximum absolute atomic E-state index is 3.22. The van der Waals surface area contributed by atoms with E-state index in [1.54, 1.807) is 6.04 Å². The van der Waals surface area contributed by atoms with Crippen molar-refractivity contribution in [3.8, 4) is 0 Å². The van der Waals surface area contributed by atoms with Gasteiger partial charge in [-0.15, -0.1) is 0 Å². The summed E-state index contributed by atoms with van der Waals surface area (Å²) in [6.45, 7) is 9.12. The zero-order valence-corrected chi connectivity index (χ0v) is 10.1. The van der Waals surface area contributed by atoms with Crippen molar-refractivity contribution in [2.45, 2.75) is 32.4 Å². The molecule has 0 bridgehead atoms. The van der Waals surface area contributed by atoms with Crippen LogP contribution in [0.4, 0.5) is 0 Å². The molecule has 1 aliphatic rings. The molecule has 1 fully saturated rings. The maximum Gasteiger partial charge on any atom is 0.0195 e. The number of hydrogen-bond acceptors (Lipinski definition) is 2. The summed E-state index contributed by atoms with van der Waals surface area (Å²) >= 11 is 0. The van der Waals surface area contributed by atoms with Gasteiger partial charge in [-0.2, -0.15) is 0 Å². The predicted octanol–water partition coefficient (Wildman–Crippen LogP) is 0.601. The van der Waals surface area contributed by atoms with Crippen molar-refractivity contribution >= 4 is 9.52 Å². The Balaban J connectivity index is 0.000000202. The molecule has 0 radical (unpaired) electrons. The fourth-order valence-corrected chi connectivity index (χ4v) is 2.10. The van der Waals surface area contributed by atoms with Gasteiger partial charge < -0.3 is 10.6 Å². The third-order valence-corrected chi connectivity index (χ3v) is 3.83. The average molecular weight is 188 g/mol. The fourth-order valence-electron chi connectivity index (χ4n) is 1.10. The molecule has 1 heterocycles. The van der Waals surface area contributed by atoms with Gasteiger partial charge in [-0.1, -0.05) is 32.4 Å². The summed E-state index contributed by atoms with van der Waals surface area (Å²) in [7, 11) is 0.422. The Hall–Kier alpha value is 0.137. The summed E-state index contributed by atoms with van der Waals surface area (Å²) in [5.74, 6) is 0. The van der Waals surface area contributed by atoms with Crippen molar-refractivity contribution in [2.24, 2.45) is 0 Å². The Morgan fingerprint density at radius 3 is 1.67 bits per heavy atom. The molecule has 2 N–H and O–H groups in total. The third kappa shape index (κ3) is 10.1. The summed E-state index contributed by atoms with van der Waals surface area (Å²) in [6.07, 6.45) is 1.42. The van der Waals surface area contributed by atoms with Crippen molar-refractivity contribution in [2.75, 3.05) is 26.2 Å². The van der Waals surface area contributed by atoms with Gasteiger partial charge >= 0.3 is 0 Å². The molecule has 0 spiro atoms. The van der Waals surface area contributed by atoms with E-state index in [0.717, 1.165) is 26.2 Å². The minimum Gasteiger partial charge on any atom is -0.314 e. The van der Waals surface area contributed by atoms with E-state index in [2.05, 4.69) is 24.5 Å². The first-order valence-electron chi connectivity index (χ1n) is 5.33. The van der Waals surface area contributed by atoms with Crippen LogP contribution in [0.3, 0.4) is 0 Å². The Bertz CT molecular complexity index is 59.4. The normalized spacial score (nSPS) is 17.5. The number of rotatable bonds is 3. The first-order chi connectivity index (χ1) is 5.91. The van der Waals surface area contributed by atoms with Crippen LogP contribution in [-0.2, 0) is 0 Å². The van der Waals surface area contributed by atoms with Gasteiger partial charge in [0.05, 0.1) is 0 Å². The molecule has 0 aliphatic carbocycles. The lowest BCUT2D eigenvalue weighted by Crippen LogP contribution is -2.39. The molecule has 12 heavy (non-hydrogen) atoms. The first kappa shape index (κ1) is 12.1. The van der Waals surface area contributed by atoms with Gasteiger partial charge in [-0.25, -0.2) is 0 Å². The van der Waals surface area contributed by atoms with Crippen LogP contribution in [0.1, 0.15) is 20.3 Å². The van der Waals surface area contributed by atoms with Crippen molar-refractivity contribution in [3.63, 3.8) is 0 Å². The van der Waals surface area contributed by atoms with Crippen LogP contribution in [0.2, 0.25) is 12.1 Å². The van der Waals surface area contributed by atoms with Gasteiger partial charge in [0.1, 0.15) is 0 Å². The zero-order valence-electron chi connectivity index (χ0n) is 8.66. The number of piperazine rings is 1. The lowest BCUT2D eigenvalue weighted by atomic mass is 10.4. The standard InChI is InChI=1S/C5H14Si.C4H10N2/c1-3-5-6-4-2;1-2-6-4-3-5-1/h3-6H2,1-2H3;5-6H,1-4H2. The second-order valence-corrected chi connectivity index (χ2v) is 5.62. The molecular formula is C9H24N2Si. The molecule has 1 rings (SSSR count). The minimum absolute atomic E-state index is 0.422. The molecular weight excluding hydrogens is 164 g/mol. The van der Waals surface area contributed by atoms with E-state index < -0.39 is 0 Å². The fraction of sp³-hybridized carbons (Fsp3) is 1.00. The van der Waals surface area contributed by atoms with Crippen molar-refractivity contribution in [1.29, 1.82) is 0 Å². The lowest BCUT2D eigenvalue weighted by Gasteiger charge is -2.11. The highest BCUT2D eigenvalue weighted by Crippen LogP contribution is 1.86. The van der Waals surface area contributed by atoms with E-state index in [9.17, 15) is 0 Å². The van der Waals surface area contributed by atoms with Crippen LogP contribution in [0.25, 0.3) is 0 Å². The van der Waals surface area contributed by atoms with Crippen molar-refractivity contribution < 1.29 is 0 Å². The Morgan fingerprint density at radius 1 is 1.00 bits per heavy atom. The predicted molar refractivity (Wildman–Crippen MR) is 59.9 cm³/mol. The molecule has 0 amide bonds. The van der Waals surface area contributed by atoms with Gasteiger partial charge in [-0.3, -0.25) is 0 Å². The molecule has 0 aromatic heterocycles. The van der Waals surface area contributed by atoms with E-state index >= 15 is 0 Å². The summed E-state index contributed by atoms with van der Waals surface area (Å²) < 4.78 is 0. The maximum atomic E-state index is 3.22. The second kappa shape index (κ2) is 11.1. The zero-order chi connectivity index (χ0) is 9.07. The van der Waals surface area contributed by atoms with Crippen LogP contribution in [0.5, 0.6) is 0 Å². The summed E-state index contributed by atoms with van der Waals surface area (Å²) in [5, 5.41) is 6.44. The van der Waals surface area contributed by atoms with Crippen LogP contribution >= 0.6 is 0 Å². The molecule has 2 nitrogen and oxygen atoms in total. The first-order valence-corrected chi connectivity index (χ1v) is 7.33. The molecule has 1 saturated heterocycles. The minimum atomic E-state index is 0.422. The van der Waals surface area contributed by atoms with Crippen LogP contribution in [0, 0.1) is 0 Å². The monoisotopic (exact) mass is 188 g/mol. The molecule has 0 unspecified atom stereocenters. The van der Waals surface area contributed by atoms with Crippen molar-refractivity contribution in [1.82, 2.24) is 10.6 Å². The van der Waals surface area contributed by atoms with Crippen LogP contribution < -0.4 is 10.6 Å². The quantitative estimate of drug-likeness (QED) is 0.501. The van der Waals surface area contributed by atoms with Gasteiger partial charge in [0.25, 0.3) is 0 Å². The summed E-state index contributed by atoms with van der Waals surface area (Å²) in [6, 6.07) is 3.05. The van der Waals surface area contributed by atoms with E-state index in [1.165, 1.54) is 12.5 Å². The lowest BCUT2D eigenvalue weighted by molar-refractivity contribution is 0.534. The second-order valence-electron chi connectivity index (χ2n) is 3.21. The molecule has 0 saturated carbocycles. The Kier molecular flexibility index (Phi) is 11.3. The summed E-state index contributed by atoms with van der Waals surface area (Å²) in [5.41, 5.74) is 0. The van der Waals surface area contributed by atoms with Gasteiger partial charge in [0, 0.05) is 35.7 Å². The van der Waals surface area contributed by atoms with Crippen LogP contribution in [-0.4, -0.2) is 35.7 Å². The highest BCUT2D eigenvalue weighted by atomic mass is 28.2. The summed E-state index contributed by atoms with van der Waals surface area (Å²) in [4.78, 5) is 0. The smallest absolute Gasteiger partial charge is 0.0195 e. The molecule has 0 aromatic carbocycles.